The van der Waals surface area contributed by atoms with Gasteiger partial charge in [-0.25, -0.2) is 0 Å². The Balaban J connectivity index is 4.57. The second-order valence-electron chi connectivity index (χ2n) is 16.8. The van der Waals surface area contributed by atoms with Gasteiger partial charge >= 0.3 is 17.9 Å². The molecule has 374 valence electrons. The lowest BCUT2D eigenvalue weighted by Crippen LogP contribution is -2.30. The highest BCUT2D eigenvalue weighted by Crippen LogP contribution is 2.12. The molecule has 6 heteroatoms. The summed E-state index contributed by atoms with van der Waals surface area (Å²) < 4.78 is 16.7. The van der Waals surface area contributed by atoms with Crippen molar-refractivity contribution in [2.24, 2.45) is 0 Å². The number of unbranched alkanes of at least 4 members (excludes halogenated alkanes) is 15. The van der Waals surface area contributed by atoms with Crippen molar-refractivity contribution in [2.75, 3.05) is 13.2 Å². The van der Waals surface area contributed by atoms with Crippen molar-refractivity contribution in [3.8, 4) is 0 Å². The number of hydrogen-bond donors (Lipinski definition) is 0. The van der Waals surface area contributed by atoms with Crippen LogP contribution < -0.4 is 0 Å². The predicted molar refractivity (Wildman–Crippen MR) is 288 cm³/mol. The normalized spacial score (nSPS) is 13.3. The molecular weight excluding hydrogens is 829 g/mol. The second kappa shape index (κ2) is 53.9. The van der Waals surface area contributed by atoms with Crippen LogP contribution in [0.2, 0.25) is 0 Å². The quantitative estimate of drug-likeness (QED) is 0.0199. The molecule has 0 aromatic heterocycles. The zero-order valence-corrected chi connectivity index (χ0v) is 42.6. The van der Waals surface area contributed by atoms with Gasteiger partial charge in [-0.3, -0.25) is 14.4 Å². The van der Waals surface area contributed by atoms with Gasteiger partial charge in [0, 0.05) is 19.3 Å². The Morgan fingerprint density at radius 1 is 0.328 bits per heavy atom. The molecule has 0 bridgehead atoms. The van der Waals surface area contributed by atoms with Gasteiger partial charge in [-0.2, -0.15) is 0 Å². The molecule has 0 rings (SSSR count). The number of carbonyl (C=O) groups is 3. The van der Waals surface area contributed by atoms with Crippen LogP contribution in [0.25, 0.3) is 0 Å². The summed E-state index contributed by atoms with van der Waals surface area (Å²) in [5.74, 6) is -1.02. The number of rotatable bonds is 45. The monoisotopic (exact) mass is 923 g/mol. The standard InChI is InChI=1S/C61H94O6/c1-4-7-10-13-16-19-22-25-28-29-30-31-34-36-39-42-45-48-51-54-60(63)66-57-58(67-61(64)55-52-49-46-43-40-37-33-27-24-21-18-15-12-9-6-3)56-65-59(62)53-50-47-44-41-38-35-32-26-23-20-17-14-11-8-5-2/h7,9-10,12,15-21,23-28,30-31,33,36-37,39-40,58H,4-6,8,11,13-14,22,29,32,34-35,38,41-57H2,1-3H3/b10-7-,12-9-,18-15-,19-16-,20-17-,24-21-,26-23-,28-25-,31-30-,33-27-,39-36-,40-37-. The molecule has 0 spiro atoms. The zero-order chi connectivity index (χ0) is 48.6. The van der Waals surface area contributed by atoms with Gasteiger partial charge in [0.15, 0.2) is 6.10 Å². The maximum Gasteiger partial charge on any atom is 0.306 e. The van der Waals surface area contributed by atoms with Gasteiger partial charge in [-0.1, -0.05) is 218 Å². The van der Waals surface area contributed by atoms with E-state index in [1.54, 1.807) is 0 Å². The van der Waals surface area contributed by atoms with E-state index in [-0.39, 0.29) is 37.5 Å². The Kier molecular flexibility index (Phi) is 50.1. The molecular formula is C61H94O6. The average Bonchev–Trinajstić information content (AvgIpc) is 3.33. The van der Waals surface area contributed by atoms with Gasteiger partial charge in [0.2, 0.25) is 0 Å². The molecule has 0 N–H and O–H groups in total. The summed E-state index contributed by atoms with van der Waals surface area (Å²) in [6.07, 6.45) is 76.8. The van der Waals surface area contributed by atoms with Crippen molar-refractivity contribution in [1.29, 1.82) is 0 Å². The zero-order valence-electron chi connectivity index (χ0n) is 42.6. The minimum atomic E-state index is -0.826. The van der Waals surface area contributed by atoms with Crippen LogP contribution in [0.15, 0.2) is 146 Å². The van der Waals surface area contributed by atoms with Gasteiger partial charge < -0.3 is 14.2 Å². The molecule has 0 aliphatic carbocycles. The highest BCUT2D eigenvalue weighted by molar-refractivity contribution is 5.71. The maximum absolute atomic E-state index is 12.8. The van der Waals surface area contributed by atoms with Crippen molar-refractivity contribution < 1.29 is 28.6 Å². The summed E-state index contributed by atoms with van der Waals surface area (Å²) in [5.41, 5.74) is 0. The van der Waals surface area contributed by atoms with Crippen LogP contribution >= 0.6 is 0 Å². The van der Waals surface area contributed by atoms with Gasteiger partial charge in [-0.15, -0.1) is 0 Å². The van der Waals surface area contributed by atoms with Gasteiger partial charge in [-0.05, 0) is 109 Å². The van der Waals surface area contributed by atoms with E-state index in [1.807, 2.05) is 48.6 Å². The Hall–Kier alpha value is -4.71. The summed E-state index contributed by atoms with van der Waals surface area (Å²) in [7, 11) is 0. The topological polar surface area (TPSA) is 78.9 Å². The van der Waals surface area contributed by atoms with Crippen LogP contribution in [0.4, 0.5) is 0 Å². The highest BCUT2D eigenvalue weighted by atomic mass is 16.6. The molecule has 0 aliphatic heterocycles. The molecule has 0 radical (unpaired) electrons. The van der Waals surface area contributed by atoms with Crippen LogP contribution in [0.1, 0.15) is 201 Å². The lowest BCUT2D eigenvalue weighted by molar-refractivity contribution is -0.167. The van der Waals surface area contributed by atoms with Crippen molar-refractivity contribution >= 4 is 17.9 Å². The summed E-state index contributed by atoms with van der Waals surface area (Å²) in [5, 5.41) is 0. The Labute approximate surface area is 410 Å². The second-order valence-corrected chi connectivity index (χ2v) is 16.8. The first-order valence-electron chi connectivity index (χ1n) is 26.4. The van der Waals surface area contributed by atoms with Gasteiger partial charge in [0.25, 0.3) is 0 Å². The summed E-state index contributed by atoms with van der Waals surface area (Å²) in [4.78, 5) is 38.0. The van der Waals surface area contributed by atoms with E-state index in [4.69, 9.17) is 14.2 Å². The number of carbonyl (C=O) groups excluding carboxylic acids is 3. The van der Waals surface area contributed by atoms with E-state index in [0.29, 0.717) is 19.3 Å². The van der Waals surface area contributed by atoms with E-state index in [9.17, 15) is 14.4 Å². The Morgan fingerprint density at radius 3 is 1.12 bits per heavy atom. The molecule has 6 nitrogen and oxygen atoms in total. The van der Waals surface area contributed by atoms with Crippen molar-refractivity contribution in [1.82, 2.24) is 0 Å². The van der Waals surface area contributed by atoms with E-state index < -0.39 is 6.10 Å². The van der Waals surface area contributed by atoms with Gasteiger partial charge in [0.05, 0.1) is 0 Å². The van der Waals surface area contributed by atoms with Crippen molar-refractivity contribution in [3.63, 3.8) is 0 Å². The molecule has 1 unspecified atom stereocenters. The van der Waals surface area contributed by atoms with Crippen LogP contribution in [0.3, 0.4) is 0 Å². The fraction of sp³-hybridized carbons (Fsp3) is 0.557. The first-order valence-corrected chi connectivity index (χ1v) is 26.4. The number of esters is 3. The third-order valence-corrected chi connectivity index (χ3v) is 10.5. The van der Waals surface area contributed by atoms with Crippen LogP contribution in [0, 0.1) is 0 Å². The minimum absolute atomic E-state index is 0.119. The molecule has 0 aliphatic rings. The van der Waals surface area contributed by atoms with Crippen LogP contribution in [-0.4, -0.2) is 37.2 Å². The van der Waals surface area contributed by atoms with Crippen LogP contribution in [0.5, 0.6) is 0 Å². The molecule has 0 amide bonds. The fourth-order valence-corrected chi connectivity index (χ4v) is 6.54. The summed E-state index contributed by atoms with van der Waals surface area (Å²) in [6.45, 7) is 6.25. The fourth-order valence-electron chi connectivity index (χ4n) is 6.54. The highest BCUT2D eigenvalue weighted by Gasteiger charge is 2.19. The summed E-state index contributed by atoms with van der Waals surface area (Å²) in [6, 6.07) is 0. The van der Waals surface area contributed by atoms with E-state index in [1.165, 1.54) is 32.1 Å². The van der Waals surface area contributed by atoms with Crippen LogP contribution in [-0.2, 0) is 28.6 Å². The van der Waals surface area contributed by atoms with E-state index in [0.717, 1.165) is 122 Å². The van der Waals surface area contributed by atoms with Gasteiger partial charge in [0.1, 0.15) is 13.2 Å². The smallest absolute Gasteiger partial charge is 0.306 e. The lowest BCUT2D eigenvalue weighted by atomic mass is 10.1. The third kappa shape index (κ3) is 52.1. The number of allylic oxidation sites excluding steroid dienone is 24. The molecule has 0 saturated carbocycles. The predicted octanol–water partition coefficient (Wildman–Crippen LogP) is 17.6. The SMILES string of the molecule is CC\C=C/C=C\C=C/C=C\C=C/CCCCCC(=O)OC(COC(=O)CCCCC/C=C\C/C=C\C/C=C\C/C=C\C/C=C\CC)COC(=O)CCCCCCCC/C=C\C=C/CCCCC. The Bertz CT molecular complexity index is 1530. The van der Waals surface area contributed by atoms with Crippen molar-refractivity contribution in [2.45, 2.75) is 207 Å². The molecule has 0 aromatic rings. The first-order chi connectivity index (χ1) is 33.0. The van der Waals surface area contributed by atoms with E-state index in [2.05, 4.69) is 118 Å². The minimum Gasteiger partial charge on any atom is -0.462 e. The first kappa shape index (κ1) is 62.3. The number of ether oxygens (including phenoxy) is 3. The van der Waals surface area contributed by atoms with Crippen molar-refractivity contribution in [3.05, 3.63) is 146 Å². The Morgan fingerprint density at radius 2 is 0.657 bits per heavy atom. The number of hydrogen-bond acceptors (Lipinski definition) is 6. The molecule has 0 fully saturated rings. The molecule has 0 heterocycles. The molecule has 1 atom stereocenters. The molecule has 0 aromatic carbocycles. The summed E-state index contributed by atoms with van der Waals surface area (Å²) >= 11 is 0. The van der Waals surface area contributed by atoms with E-state index >= 15 is 0 Å². The average molecular weight is 923 g/mol. The molecule has 0 saturated heterocycles. The molecule has 67 heavy (non-hydrogen) atoms. The third-order valence-electron chi connectivity index (χ3n) is 10.5. The maximum atomic E-state index is 12.8. The lowest BCUT2D eigenvalue weighted by Gasteiger charge is -2.18. The largest absolute Gasteiger partial charge is 0.462 e.